The van der Waals surface area contributed by atoms with Crippen LogP contribution >= 0.6 is 11.6 Å². The molecule has 4 aromatic carbocycles. The maximum atomic E-state index is 13.9. The number of nitrogens with zero attached hydrogens (tertiary/aromatic N) is 1. The van der Waals surface area contributed by atoms with Gasteiger partial charge in [-0.15, -0.1) is 0 Å². The molecular weight excluding hydrogens is 536 g/mol. The fraction of sp³-hybridized carbons (Fsp3) is 0.133. The lowest BCUT2D eigenvalue weighted by molar-refractivity contribution is -0.116. The number of hydrogen-bond acceptors (Lipinski definition) is 5. The quantitative estimate of drug-likeness (QED) is 0.250. The molecule has 0 saturated carbocycles. The number of aryl methyl sites for hydroxylation is 1. The number of rotatable bonds is 10. The predicted octanol–water partition coefficient (Wildman–Crippen LogP) is 5.72. The Balaban J connectivity index is 1.67. The Morgan fingerprint density at radius 1 is 0.897 bits per heavy atom. The summed E-state index contributed by atoms with van der Waals surface area (Å²) in [5.74, 6) is -0.773. The van der Waals surface area contributed by atoms with Crippen molar-refractivity contribution < 1.29 is 22.7 Å². The molecule has 0 radical (unpaired) electrons. The number of amides is 1. The molecule has 7 nitrogen and oxygen atoms in total. The highest BCUT2D eigenvalue weighted by Crippen LogP contribution is 2.29. The molecule has 0 heterocycles. The average Bonchev–Trinajstić information content (AvgIpc) is 2.94. The van der Waals surface area contributed by atoms with Gasteiger partial charge in [0.05, 0.1) is 19.3 Å². The van der Waals surface area contributed by atoms with Crippen molar-refractivity contribution in [2.24, 2.45) is 0 Å². The maximum absolute atomic E-state index is 13.9. The van der Waals surface area contributed by atoms with Crippen molar-refractivity contribution in [1.82, 2.24) is 4.31 Å². The molecule has 0 atom stereocenters. The lowest BCUT2D eigenvalue weighted by atomic mass is 10.0. The van der Waals surface area contributed by atoms with Crippen LogP contribution in [0.5, 0.6) is 5.75 Å². The maximum Gasteiger partial charge on any atom is 0.247 e. The van der Waals surface area contributed by atoms with Gasteiger partial charge in [-0.2, -0.15) is 4.31 Å². The van der Waals surface area contributed by atoms with Crippen LogP contribution in [-0.2, 0) is 21.4 Å². The number of carbonyl (C=O) groups is 2. The molecule has 0 saturated heterocycles. The van der Waals surface area contributed by atoms with E-state index in [1.54, 1.807) is 79.7 Å². The third-order valence-corrected chi connectivity index (χ3v) is 8.04. The van der Waals surface area contributed by atoms with E-state index in [2.05, 4.69) is 5.32 Å². The van der Waals surface area contributed by atoms with Gasteiger partial charge in [0.2, 0.25) is 15.9 Å². The van der Waals surface area contributed by atoms with Crippen LogP contribution in [0.25, 0.3) is 0 Å². The first kappa shape index (κ1) is 28.0. The van der Waals surface area contributed by atoms with Crippen LogP contribution in [0.4, 0.5) is 5.69 Å². The van der Waals surface area contributed by atoms with E-state index >= 15 is 0 Å². The second kappa shape index (κ2) is 12.3. The zero-order valence-corrected chi connectivity index (χ0v) is 23.0. The molecule has 0 bridgehead atoms. The number of halogens is 1. The fourth-order valence-corrected chi connectivity index (χ4v) is 5.84. The first-order chi connectivity index (χ1) is 18.7. The predicted molar refractivity (Wildman–Crippen MR) is 152 cm³/mol. The number of hydrogen-bond donors (Lipinski definition) is 1. The third kappa shape index (κ3) is 6.72. The van der Waals surface area contributed by atoms with E-state index in [9.17, 15) is 18.0 Å². The zero-order chi connectivity index (χ0) is 28.0. The topological polar surface area (TPSA) is 92.8 Å². The van der Waals surface area contributed by atoms with Gasteiger partial charge in [0.15, 0.2) is 5.78 Å². The van der Waals surface area contributed by atoms with Crippen molar-refractivity contribution in [3.8, 4) is 5.75 Å². The number of benzene rings is 4. The van der Waals surface area contributed by atoms with Gasteiger partial charge in [0.1, 0.15) is 10.6 Å². The Hall–Kier alpha value is -3.98. The number of sulfonamides is 1. The van der Waals surface area contributed by atoms with Crippen molar-refractivity contribution in [2.45, 2.75) is 18.4 Å². The molecular formula is C30H27ClN2O5S. The molecule has 0 aliphatic carbocycles. The first-order valence-corrected chi connectivity index (χ1v) is 13.9. The van der Waals surface area contributed by atoms with Gasteiger partial charge < -0.3 is 10.1 Å². The standard InChI is InChI=1S/C30H27ClN2O5S/c1-21-13-16-27(38-2)28(17-21)39(36,37)33(19-22-9-5-3-6-10-22)20-29(34)32-26-15-14-24(31)18-25(26)30(35)23-11-7-4-8-12-23/h3-18H,19-20H2,1-2H3,(H,32,34). The van der Waals surface area contributed by atoms with Crippen LogP contribution in [-0.4, -0.2) is 38.1 Å². The minimum atomic E-state index is -4.17. The van der Waals surface area contributed by atoms with Crippen LogP contribution < -0.4 is 10.1 Å². The van der Waals surface area contributed by atoms with E-state index in [0.29, 0.717) is 16.1 Å². The average molecular weight is 563 g/mol. The van der Waals surface area contributed by atoms with Gasteiger partial charge in [-0.05, 0) is 48.4 Å². The van der Waals surface area contributed by atoms with E-state index in [0.717, 1.165) is 9.87 Å². The van der Waals surface area contributed by atoms with Crippen LogP contribution in [0.15, 0.2) is 102 Å². The van der Waals surface area contributed by atoms with Gasteiger partial charge in [-0.3, -0.25) is 9.59 Å². The molecule has 1 N–H and O–H groups in total. The monoisotopic (exact) mass is 562 g/mol. The Kier molecular flexibility index (Phi) is 8.81. The van der Waals surface area contributed by atoms with Crippen molar-refractivity contribution in [3.63, 3.8) is 0 Å². The molecule has 0 spiro atoms. The summed E-state index contributed by atoms with van der Waals surface area (Å²) in [6, 6.07) is 27.0. The number of ketones is 1. The number of nitrogens with one attached hydrogen (secondary N) is 1. The highest BCUT2D eigenvalue weighted by atomic mass is 35.5. The van der Waals surface area contributed by atoms with Gasteiger partial charge in [-0.25, -0.2) is 8.42 Å². The summed E-state index contributed by atoms with van der Waals surface area (Å²) in [4.78, 5) is 26.5. The summed E-state index contributed by atoms with van der Waals surface area (Å²) >= 11 is 6.16. The summed E-state index contributed by atoms with van der Waals surface area (Å²) < 4.78 is 34.1. The van der Waals surface area contributed by atoms with E-state index < -0.39 is 22.5 Å². The lowest BCUT2D eigenvalue weighted by Crippen LogP contribution is -2.38. The second-order valence-corrected chi connectivity index (χ2v) is 11.2. The minimum absolute atomic E-state index is 0.0415. The van der Waals surface area contributed by atoms with E-state index in [1.807, 2.05) is 6.07 Å². The largest absolute Gasteiger partial charge is 0.495 e. The van der Waals surface area contributed by atoms with Gasteiger partial charge in [0.25, 0.3) is 0 Å². The molecule has 0 aliphatic heterocycles. The zero-order valence-electron chi connectivity index (χ0n) is 21.4. The fourth-order valence-electron chi connectivity index (χ4n) is 4.05. The molecule has 0 fully saturated rings. The molecule has 0 aromatic heterocycles. The van der Waals surface area contributed by atoms with E-state index in [-0.39, 0.29) is 34.2 Å². The Labute approximate surface area is 233 Å². The number of ether oxygens (including phenoxy) is 1. The number of carbonyl (C=O) groups excluding carboxylic acids is 2. The van der Waals surface area contributed by atoms with Crippen LogP contribution in [0.1, 0.15) is 27.0 Å². The number of methoxy groups -OCH3 is 1. The molecule has 0 unspecified atom stereocenters. The normalized spacial score (nSPS) is 11.3. The van der Waals surface area contributed by atoms with Crippen LogP contribution in [0.3, 0.4) is 0 Å². The summed E-state index contributed by atoms with van der Waals surface area (Å²) in [5, 5.41) is 3.04. The van der Waals surface area contributed by atoms with Crippen molar-refractivity contribution >= 4 is 39.0 Å². The van der Waals surface area contributed by atoms with Crippen molar-refractivity contribution in [3.05, 3.63) is 124 Å². The Morgan fingerprint density at radius 3 is 2.23 bits per heavy atom. The summed E-state index contributed by atoms with van der Waals surface area (Å²) in [5.41, 5.74) is 2.27. The second-order valence-electron chi connectivity index (χ2n) is 8.85. The molecule has 4 rings (SSSR count). The van der Waals surface area contributed by atoms with Gasteiger partial charge >= 0.3 is 0 Å². The number of anilines is 1. The van der Waals surface area contributed by atoms with E-state index in [4.69, 9.17) is 16.3 Å². The minimum Gasteiger partial charge on any atom is -0.495 e. The molecule has 9 heteroatoms. The van der Waals surface area contributed by atoms with Gasteiger partial charge in [-0.1, -0.05) is 78.3 Å². The van der Waals surface area contributed by atoms with Crippen molar-refractivity contribution in [1.29, 1.82) is 0 Å². The SMILES string of the molecule is COc1ccc(C)cc1S(=O)(=O)N(CC(=O)Nc1ccc(Cl)cc1C(=O)c1ccccc1)Cc1ccccc1. The van der Waals surface area contributed by atoms with Crippen LogP contribution in [0, 0.1) is 6.92 Å². The summed E-state index contributed by atoms with van der Waals surface area (Å²) in [6.45, 7) is 1.22. The van der Waals surface area contributed by atoms with E-state index in [1.165, 1.54) is 25.3 Å². The summed E-state index contributed by atoms with van der Waals surface area (Å²) in [7, 11) is -2.78. The molecule has 1 amide bonds. The molecule has 39 heavy (non-hydrogen) atoms. The van der Waals surface area contributed by atoms with Crippen molar-refractivity contribution in [2.75, 3.05) is 19.0 Å². The van der Waals surface area contributed by atoms with Gasteiger partial charge in [0, 0.05) is 22.7 Å². The first-order valence-electron chi connectivity index (χ1n) is 12.1. The third-order valence-electron chi connectivity index (χ3n) is 5.99. The molecule has 4 aromatic rings. The Bertz CT molecular complexity index is 1590. The molecule has 200 valence electrons. The lowest BCUT2D eigenvalue weighted by Gasteiger charge is -2.23. The highest BCUT2D eigenvalue weighted by Gasteiger charge is 2.30. The Morgan fingerprint density at radius 2 is 1.56 bits per heavy atom. The molecule has 0 aliphatic rings. The van der Waals surface area contributed by atoms with Crippen LogP contribution in [0.2, 0.25) is 5.02 Å². The smallest absolute Gasteiger partial charge is 0.247 e. The summed E-state index contributed by atoms with van der Waals surface area (Å²) in [6.07, 6.45) is 0. The highest BCUT2D eigenvalue weighted by molar-refractivity contribution is 7.89.